The minimum atomic E-state index is -0.892. The first-order valence-corrected chi connectivity index (χ1v) is 4.77. The van der Waals surface area contributed by atoms with Crippen LogP contribution in [0, 0.1) is 11.6 Å². The third kappa shape index (κ3) is 2.43. The van der Waals surface area contributed by atoms with Crippen LogP contribution in [0.15, 0.2) is 30.6 Å². The maximum atomic E-state index is 12.9. The van der Waals surface area contributed by atoms with Gasteiger partial charge in [-0.15, -0.1) is 0 Å². The summed E-state index contributed by atoms with van der Waals surface area (Å²) >= 11 is 0. The number of nitrogens with one attached hydrogen (secondary N) is 1. The van der Waals surface area contributed by atoms with Gasteiger partial charge in [0.1, 0.15) is 23.6 Å². The van der Waals surface area contributed by atoms with Crippen LogP contribution in [-0.4, -0.2) is 15.1 Å². The van der Waals surface area contributed by atoms with Crippen LogP contribution in [0.25, 0.3) is 0 Å². The van der Waals surface area contributed by atoms with Crippen molar-refractivity contribution >= 4 is 0 Å². The van der Waals surface area contributed by atoms with Crippen molar-refractivity contribution in [1.29, 1.82) is 0 Å². The van der Waals surface area contributed by atoms with Gasteiger partial charge >= 0.3 is 0 Å². The van der Waals surface area contributed by atoms with Gasteiger partial charge in [-0.25, -0.2) is 13.8 Å². The van der Waals surface area contributed by atoms with E-state index in [-0.39, 0.29) is 6.42 Å². The van der Waals surface area contributed by atoms with Crippen molar-refractivity contribution < 1.29 is 13.9 Å². The number of benzene rings is 1. The molecule has 0 amide bonds. The van der Waals surface area contributed by atoms with E-state index in [1.807, 2.05) is 0 Å². The Hall–Kier alpha value is -1.75. The standard InChI is InChI=1S/C11H10F2N2O/c12-8-3-7(4-9(13)6-8)5-10(16)11-14-1-2-15-11/h1-4,6,10,16H,5H2,(H,14,15). The highest BCUT2D eigenvalue weighted by Crippen LogP contribution is 2.16. The fourth-order valence-electron chi connectivity index (χ4n) is 1.51. The van der Waals surface area contributed by atoms with Gasteiger partial charge in [0.25, 0.3) is 0 Å². The van der Waals surface area contributed by atoms with E-state index in [1.165, 1.54) is 18.3 Å². The van der Waals surface area contributed by atoms with Crippen LogP contribution in [0.2, 0.25) is 0 Å². The Kier molecular flexibility index (Phi) is 2.96. The molecule has 1 unspecified atom stereocenters. The Bertz CT molecular complexity index is 451. The van der Waals surface area contributed by atoms with Gasteiger partial charge < -0.3 is 10.1 Å². The molecular formula is C11H10F2N2O. The van der Waals surface area contributed by atoms with Crippen molar-refractivity contribution in [1.82, 2.24) is 9.97 Å². The molecule has 1 atom stereocenters. The van der Waals surface area contributed by atoms with E-state index in [4.69, 9.17) is 0 Å². The number of nitrogens with zero attached hydrogens (tertiary/aromatic N) is 1. The summed E-state index contributed by atoms with van der Waals surface area (Å²) in [6.45, 7) is 0. The fourth-order valence-corrected chi connectivity index (χ4v) is 1.51. The highest BCUT2D eigenvalue weighted by molar-refractivity contribution is 5.19. The number of halogens is 2. The van der Waals surface area contributed by atoms with E-state index in [1.54, 1.807) is 6.20 Å². The molecule has 5 heteroatoms. The molecule has 2 N–H and O–H groups in total. The van der Waals surface area contributed by atoms with Crippen molar-refractivity contribution in [3.63, 3.8) is 0 Å². The van der Waals surface area contributed by atoms with Gasteiger partial charge in [0, 0.05) is 24.9 Å². The van der Waals surface area contributed by atoms with Crippen LogP contribution >= 0.6 is 0 Å². The molecule has 16 heavy (non-hydrogen) atoms. The summed E-state index contributed by atoms with van der Waals surface area (Å²) < 4.78 is 25.8. The lowest BCUT2D eigenvalue weighted by Gasteiger charge is -2.07. The molecule has 0 radical (unpaired) electrons. The Labute approximate surface area is 90.8 Å². The molecule has 1 aromatic heterocycles. The summed E-state index contributed by atoms with van der Waals surface area (Å²) in [4.78, 5) is 6.60. The number of rotatable bonds is 3. The molecule has 0 aliphatic heterocycles. The minimum absolute atomic E-state index is 0.113. The molecule has 2 aromatic rings. The van der Waals surface area contributed by atoms with Gasteiger partial charge in [-0.2, -0.15) is 0 Å². The third-order valence-corrected chi connectivity index (χ3v) is 2.19. The normalized spacial score (nSPS) is 12.7. The fraction of sp³-hybridized carbons (Fsp3) is 0.182. The molecular weight excluding hydrogens is 214 g/mol. The van der Waals surface area contributed by atoms with Crippen LogP contribution in [0.4, 0.5) is 8.78 Å². The number of imidazole rings is 1. The number of aliphatic hydroxyl groups excluding tert-OH is 1. The summed E-state index contributed by atoms with van der Waals surface area (Å²) in [7, 11) is 0. The van der Waals surface area contributed by atoms with E-state index in [0.717, 1.165) is 6.07 Å². The summed E-state index contributed by atoms with van der Waals surface area (Å²) in [5.41, 5.74) is 0.390. The van der Waals surface area contributed by atoms with Crippen molar-refractivity contribution in [3.8, 4) is 0 Å². The molecule has 0 fully saturated rings. The lowest BCUT2D eigenvalue weighted by Crippen LogP contribution is -2.04. The Balaban J connectivity index is 2.15. The molecule has 1 heterocycles. The summed E-state index contributed by atoms with van der Waals surface area (Å²) in [6, 6.07) is 3.17. The molecule has 2 rings (SSSR count). The van der Waals surface area contributed by atoms with Crippen LogP contribution in [0.1, 0.15) is 17.5 Å². The maximum Gasteiger partial charge on any atom is 0.135 e. The van der Waals surface area contributed by atoms with Gasteiger partial charge in [-0.1, -0.05) is 0 Å². The number of aromatic amines is 1. The Morgan fingerprint density at radius 3 is 2.50 bits per heavy atom. The Morgan fingerprint density at radius 2 is 1.94 bits per heavy atom. The zero-order valence-corrected chi connectivity index (χ0v) is 8.32. The smallest absolute Gasteiger partial charge is 0.135 e. The highest BCUT2D eigenvalue weighted by Gasteiger charge is 2.11. The third-order valence-electron chi connectivity index (χ3n) is 2.19. The minimum Gasteiger partial charge on any atom is -0.385 e. The first-order valence-electron chi connectivity index (χ1n) is 4.77. The van der Waals surface area contributed by atoms with E-state index in [2.05, 4.69) is 9.97 Å². The van der Waals surface area contributed by atoms with Gasteiger partial charge in [0.05, 0.1) is 0 Å². The lowest BCUT2D eigenvalue weighted by molar-refractivity contribution is 0.169. The number of aromatic nitrogens is 2. The summed E-state index contributed by atoms with van der Waals surface area (Å²) in [5.74, 6) is -0.923. The number of hydrogen-bond acceptors (Lipinski definition) is 2. The monoisotopic (exact) mass is 224 g/mol. The average Bonchev–Trinajstić information content (AvgIpc) is 2.68. The molecule has 0 spiro atoms. The molecule has 0 saturated carbocycles. The van der Waals surface area contributed by atoms with Crippen molar-refractivity contribution in [2.24, 2.45) is 0 Å². The molecule has 1 aromatic carbocycles. The van der Waals surface area contributed by atoms with Crippen LogP contribution < -0.4 is 0 Å². The second-order valence-corrected chi connectivity index (χ2v) is 3.47. The summed E-state index contributed by atoms with van der Waals surface area (Å²) in [6.07, 6.45) is 2.30. The second kappa shape index (κ2) is 4.40. The van der Waals surface area contributed by atoms with Gasteiger partial charge in [-0.05, 0) is 17.7 Å². The largest absolute Gasteiger partial charge is 0.385 e. The van der Waals surface area contributed by atoms with Crippen molar-refractivity contribution in [2.45, 2.75) is 12.5 Å². The average molecular weight is 224 g/mol. The zero-order valence-electron chi connectivity index (χ0n) is 8.32. The Morgan fingerprint density at radius 1 is 1.25 bits per heavy atom. The molecule has 3 nitrogen and oxygen atoms in total. The quantitative estimate of drug-likeness (QED) is 0.837. The van der Waals surface area contributed by atoms with E-state index in [0.29, 0.717) is 11.4 Å². The lowest BCUT2D eigenvalue weighted by atomic mass is 10.1. The molecule has 84 valence electrons. The molecule has 0 saturated heterocycles. The maximum absolute atomic E-state index is 12.9. The van der Waals surface area contributed by atoms with E-state index >= 15 is 0 Å². The number of hydrogen-bond donors (Lipinski definition) is 2. The zero-order chi connectivity index (χ0) is 11.5. The highest BCUT2D eigenvalue weighted by atomic mass is 19.1. The van der Waals surface area contributed by atoms with Crippen LogP contribution in [-0.2, 0) is 6.42 Å². The molecule has 0 aliphatic rings. The van der Waals surface area contributed by atoms with Gasteiger partial charge in [0.2, 0.25) is 0 Å². The van der Waals surface area contributed by atoms with Gasteiger partial charge in [0.15, 0.2) is 0 Å². The topological polar surface area (TPSA) is 48.9 Å². The molecule has 0 bridgehead atoms. The SMILES string of the molecule is OC(Cc1cc(F)cc(F)c1)c1ncc[nH]1. The predicted molar refractivity (Wildman–Crippen MR) is 53.6 cm³/mol. The van der Waals surface area contributed by atoms with Crippen molar-refractivity contribution in [3.05, 3.63) is 53.6 Å². The molecule has 0 aliphatic carbocycles. The number of H-pyrrole nitrogens is 1. The van der Waals surface area contributed by atoms with Crippen LogP contribution in [0.5, 0.6) is 0 Å². The first kappa shape index (κ1) is 10.8. The number of aliphatic hydroxyl groups is 1. The van der Waals surface area contributed by atoms with Crippen LogP contribution in [0.3, 0.4) is 0 Å². The first-order chi connectivity index (χ1) is 7.65. The van der Waals surface area contributed by atoms with Gasteiger partial charge in [-0.3, -0.25) is 0 Å². The van der Waals surface area contributed by atoms with E-state index < -0.39 is 17.7 Å². The predicted octanol–water partition coefficient (Wildman–Crippen LogP) is 1.96. The van der Waals surface area contributed by atoms with Crippen molar-refractivity contribution in [2.75, 3.05) is 0 Å². The summed E-state index contributed by atoms with van der Waals surface area (Å²) in [5, 5.41) is 9.71. The second-order valence-electron chi connectivity index (χ2n) is 3.47. The van der Waals surface area contributed by atoms with E-state index in [9.17, 15) is 13.9 Å².